The maximum atomic E-state index is 12.6. The summed E-state index contributed by atoms with van der Waals surface area (Å²) in [6.45, 7) is 1.18. The van der Waals surface area contributed by atoms with Crippen molar-refractivity contribution in [1.29, 1.82) is 0 Å². The number of nitrogens with zero attached hydrogens (tertiary/aromatic N) is 3. The zero-order valence-electron chi connectivity index (χ0n) is 17.3. The van der Waals surface area contributed by atoms with Crippen LogP contribution in [0.3, 0.4) is 0 Å². The third-order valence-corrected chi connectivity index (χ3v) is 7.48. The van der Waals surface area contributed by atoms with E-state index in [9.17, 15) is 13.2 Å². The maximum Gasteiger partial charge on any atom is 0.264 e. The Morgan fingerprint density at radius 2 is 2.09 bits per heavy atom. The monoisotopic (exact) mass is 464 g/mol. The second-order valence-corrected chi connectivity index (χ2v) is 10.6. The van der Waals surface area contributed by atoms with Crippen molar-refractivity contribution in [3.05, 3.63) is 70.7 Å². The van der Waals surface area contributed by atoms with Crippen molar-refractivity contribution in [3.63, 3.8) is 0 Å². The lowest BCUT2D eigenvalue weighted by Gasteiger charge is -2.26. The second-order valence-electron chi connectivity index (χ2n) is 7.66. The van der Waals surface area contributed by atoms with Crippen LogP contribution < -0.4 is 0 Å². The first-order valence-electron chi connectivity index (χ1n) is 10.1. The normalized spacial score (nSPS) is 14.5. The molecule has 7 nitrogen and oxygen atoms in total. The Hall–Kier alpha value is -3.30. The largest absolute Gasteiger partial charge is 0.344 e. The minimum atomic E-state index is -3.31. The summed E-state index contributed by atoms with van der Waals surface area (Å²) in [6, 6.07) is 10.5. The van der Waals surface area contributed by atoms with Gasteiger partial charge in [0.05, 0.1) is 21.7 Å². The predicted molar refractivity (Wildman–Crippen MR) is 125 cm³/mol. The number of aromatic amines is 1. The van der Waals surface area contributed by atoms with Crippen molar-refractivity contribution < 1.29 is 13.2 Å². The lowest BCUT2D eigenvalue weighted by Crippen LogP contribution is -2.34. The summed E-state index contributed by atoms with van der Waals surface area (Å²) >= 11 is 1.45. The number of carbonyl (C=O) groups excluding carboxylic acids is 1. The molecule has 0 spiro atoms. The van der Waals surface area contributed by atoms with Crippen LogP contribution in [0.4, 0.5) is 0 Å². The average Bonchev–Trinajstić information content (AvgIpc) is 3.48. The molecule has 0 atom stereocenters. The first kappa shape index (κ1) is 20.6. The molecule has 1 aromatic carbocycles. The standard InChI is InChI=1S/C23H20N4O3S2/c1-32(29,30)17-5-2-4-16(12-17)19-14-25-22-21(26-19)18(13-24-22)15-7-9-27(10-8-15)23(28)20-6-3-11-31-20/h2-7,11-14H,8-10H2,1H3,(H,24,25). The molecule has 32 heavy (non-hydrogen) atoms. The zero-order chi connectivity index (χ0) is 22.3. The van der Waals surface area contributed by atoms with E-state index < -0.39 is 9.84 Å². The average molecular weight is 465 g/mol. The lowest BCUT2D eigenvalue weighted by molar-refractivity contribution is 0.0777. The van der Waals surface area contributed by atoms with Crippen LogP contribution in [0, 0.1) is 0 Å². The number of carbonyl (C=O) groups is 1. The van der Waals surface area contributed by atoms with Crippen molar-refractivity contribution in [2.24, 2.45) is 0 Å². The van der Waals surface area contributed by atoms with Crippen LogP contribution in [0.15, 0.2) is 65.1 Å². The van der Waals surface area contributed by atoms with E-state index in [1.165, 1.54) is 17.6 Å². The van der Waals surface area contributed by atoms with E-state index in [4.69, 9.17) is 4.98 Å². The number of thiophene rings is 1. The number of sulfone groups is 1. The van der Waals surface area contributed by atoms with E-state index >= 15 is 0 Å². The van der Waals surface area contributed by atoms with Gasteiger partial charge in [0.15, 0.2) is 15.5 Å². The third-order valence-electron chi connectivity index (χ3n) is 5.51. The van der Waals surface area contributed by atoms with Crippen molar-refractivity contribution in [1.82, 2.24) is 19.9 Å². The van der Waals surface area contributed by atoms with Gasteiger partial charge in [-0.3, -0.25) is 4.79 Å². The minimum absolute atomic E-state index is 0.0575. The molecule has 3 aromatic heterocycles. The van der Waals surface area contributed by atoms with E-state index in [0.717, 1.165) is 28.0 Å². The zero-order valence-corrected chi connectivity index (χ0v) is 18.9. The molecule has 0 fully saturated rings. The molecule has 1 aliphatic heterocycles. The lowest BCUT2D eigenvalue weighted by atomic mass is 10.0. The number of rotatable bonds is 4. The second kappa shape index (κ2) is 7.99. The fourth-order valence-corrected chi connectivity index (χ4v) is 5.17. The fraction of sp³-hybridized carbons (Fsp3) is 0.174. The summed E-state index contributed by atoms with van der Waals surface area (Å²) in [5, 5.41) is 1.91. The van der Waals surface area contributed by atoms with Gasteiger partial charge in [-0.2, -0.15) is 0 Å². The molecule has 1 N–H and O–H groups in total. The summed E-state index contributed by atoms with van der Waals surface area (Å²) < 4.78 is 23.8. The van der Waals surface area contributed by atoms with E-state index in [1.54, 1.807) is 24.4 Å². The number of aromatic nitrogens is 3. The Balaban J connectivity index is 1.46. The molecule has 162 valence electrons. The summed E-state index contributed by atoms with van der Waals surface area (Å²) in [7, 11) is -3.31. The number of nitrogens with one attached hydrogen (secondary N) is 1. The number of hydrogen-bond acceptors (Lipinski definition) is 6. The van der Waals surface area contributed by atoms with E-state index in [0.29, 0.717) is 30.0 Å². The van der Waals surface area contributed by atoms with Crippen LogP contribution in [0.5, 0.6) is 0 Å². The van der Waals surface area contributed by atoms with Crippen molar-refractivity contribution >= 4 is 43.8 Å². The Morgan fingerprint density at radius 1 is 1.22 bits per heavy atom. The van der Waals surface area contributed by atoms with Crippen molar-refractivity contribution in [3.8, 4) is 11.3 Å². The van der Waals surface area contributed by atoms with Crippen LogP contribution in [0.2, 0.25) is 0 Å². The van der Waals surface area contributed by atoms with E-state index in [2.05, 4.69) is 16.0 Å². The van der Waals surface area contributed by atoms with Gasteiger partial charge in [0.2, 0.25) is 0 Å². The van der Waals surface area contributed by atoms with Crippen molar-refractivity contribution in [2.75, 3.05) is 19.3 Å². The third kappa shape index (κ3) is 3.85. The molecule has 0 radical (unpaired) electrons. The smallest absolute Gasteiger partial charge is 0.264 e. The summed E-state index contributed by atoms with van der Waals surface area (Å²) in [6.07, 6.45) is 7.51. The molecular formula is C23H20N4O3S2. The van der Waals surface area contributed by atoms with Crippen LogP contribution >= 0.6 is 11.3 Å². The van der Waals surface area contributed by atoms with Crippen LogP contribution in [-0.2, 0) is 9.84 Å². The van der Waals surface area contributed by atoms with Gasteiger partial charge in [0, 0.05) is 36.7 Å². The highest BCUT2D eigenvalue weighted by atomic mass is 32.2. The number of H-pyrrole nitrogens is 1. The Labute approximate surface area is 189 Å². The number of hydrogen-bond donors (Lipinski definition) is 1. The highest BCUT2D eigenvalue weighted by Gasteiger charge is 2.22. The maximum absolute atomic E-state index is 12.6. The Bertz CT molecular complexity index is 1450. The molecule has 0 bridgehead atoms. The molecule has 1 aliphatic rings. The first-order chi connectivity index (χ1) is 15.4. The van der Waals surface area contributed by atoms with Gasteiger partial charge in [-0.1, -0.05) is 24.3 Å². The molecule has 4 aromatic rings. The highest BCUT2D eigenvalue weighted by Crippen LogP contribution is 2.30. The van der Waals surface area contributed by atoms with Crippen LogP contribution in [0.25, 0.3) is 28.0 Å². The highest BCUT2D eigenvalue weighted by molar-refractivity contribution is 7.90. The van der Waals surface area contributed by atoms with Gasteiger partial charge in [0.1, 0.15) is 5.52 Å². The molecule has 5 rings (SSSR count). The van der Waals surface area contributed by atoms with Gasteiger partial charge in [-0.05, 0) is 35.6 Å². The minimum Gasteiger partial charge on any atom is -0.344 e. The van der Waals surface area contributed by atoms with Gasteiger partial charge < -0.3 is 9.88 Å². The first-order valence-corrected chi connectivity index (χ1v) is 12.8. The van der Waals surface area contributed by atoms with Crippen LogP contribution in [-0.4, -0.2) is 53.5 Å². The van der Waals surface area contributed by atoms with Crippen LogP contribution in [0.1, 0.15) is 21.7 Å². The van der Waals surface area contributed by atoms with Gasteiger partial charge in [-0.25, -0.2) is 18.4 Å². The predicted octanol–water partition coefficient (Wildman–Crippen LogP) is 4.02. The topological polar surface area (TPSA) is 96.0 Å². The molecule has 9 heteroatoms. The van der Waals surface area contributed by atoms with Gasteiger partial charge in [0.25, 0.3) is 5.91 Å². The fourth-order valence-electron chi connectivity index (χ4n) is 3.82. The number of amides is 1. The molecule has 0 saturated heterocycles. The summed E-state index contributed by atoms with van der Waals surface area (Å²) in [5.74, 6) is 0.0575. The van der Waals surface area contributed by atoms with Gasteiger partial charge in [-0.15, -0.1) is 11.3 Å². The van der Waals surface area contributed by atoms with E-state index in [-0.39, 0.29) is 10.8 Å². The van der Waals surface area contributed by atoms with Gasteiger partial charge >= 0.3 is 0 Å². The molecule has 1 amide bonds. The molecule has 4 heterocycles. The Morgan fingerprint density at radius 3 is 2.81 bits per heavy atom. The van der Waals surface area contributed by atoms with Crippen molar-refractivity contribution in [2.45, 2.75) is 11.3 Å². The summed E-state index contributed by atoms with van der Waals surface area (Å²) in [4.78, 5) is 27.9. The number of fused-ring (bicyclic) bond motifs is 1. The van der Waals surface area contributed by atoms with E-state index in [1.807, 2.05) is 34.7 Å². The molecule has 0 saturated carbocycles. The molecule has 0 aliphatic carbocycles. The SMILES string of the molecule is CS(=O)(=O)c1cccc(-c2cnc3[nH]cc(C4=CCN(C(=O)c5cccs5)CC4)c3n2)c1. The quantitative estimate of drug-likeness (QED) is 0.492. The molecule has 0 unspecified atom stereocenters. The Kier molecular flexibility index (Phi) is 5.15. The molecular weight excluding hydrogens is 444 g/mol. The number of benzene rings is 1. The summed E-state index contributed by atoms with van der Waals surface area (Å²) in [5.41, 5.74) is 4.77.